The number of nitrogens with one attached hydrogen (secondary N) is 1. The standard InChI is InChI=1S/C13H17NO3/c15-12-6-4-10(5-7-12)14-11-3-1-2-9(8-11)13(16)17/h1-3,8,10,12,14-15H,4-7H2,(H,16,17). The number of carboxylic acids is 1. The molecule has 1 aromatic carbocycles. The molecule has 4 nitrogen and oxygen atoms in total. The van der Waals surface area contributed by atoms with Crippen molar-refractivity contribution in [2.24, 2.45) is 0 Å². The molecule has 92 valence electrons. The highest BCUT2D eigenvalue weighted by Gasteiger charge is 2.19. The Morgan fingerprint density at radius 3 is 2.59 bits per heavy atom. The highest BCUT2D eigenvalue weighted by Crippen LogP contribution is 2.22. The fourth-order valence-corrected chi connectivity index (χ4v) is 2.20. The lowest BCUT2D eigenvalue weighted by Crippen LogP contribution is -2.28. The smallest absolute Gasteiger partial charge is 0.335 e. The van der Waals surface area contributed by atoms with Gasteiger partial charge in [0.05, 0.1) is 11.7 Å². The third-order valence-corrected chi connectivity index (χ3v) is 3.18. The summed E-state index contributed by atoms with van der Waals surface area (Å²) >= 11 is 0. The maximum absolute atomic E-state index is 10.8. The fourth-order valence-electron chi connectivity index (χ4n) is 2.20. The minimum Gasteiger partial charge on any atom is -0.478 e. The second-order valence-corrected chi connectivity index (χ2v) is 4.54. The van der Waals surface area contributed by atoms with Crippen molar-refractivity contribution >= 4 is 11.7 Å². The lowest BCUT2D eigenvalue weighted by atomic mass is 9.93. The molecule has 17 heavy (non-hydrogen) atoms. The molecule has 1 aliphatic carbocycles. The Labute approximate surface area is 100 Å². The Morgan fingerprint density at radius 1 is 1.24 bits per heavy atom. The van der Waals surface area contributed by atoms with Crippen LogP contribution >= 0.6 is 0 Å². The van der Waals surface area contributed by atoms with Gasteiger partial charge in [-0.3, -0.25) is 0 Å². The molecule has 0 unspecified atom stereocenters. The predicted molar refractivity (Wildman–Crippen MR) is 65.3 cm³/mol. The summed E-state index contributed by atoms with van der Waals surface area (Å²) in [4.78, 5) is 10.8. The van der Waals surface area contributed by atoms with Crippen LogP contribution in [0.2, 0.25) is 0 Å². The van der Waals surface area contributed by atoms with Crippen LogP contribution in [-0.4, -0.2) is 28.3 Å². The summed E-state index contributed by atoms with van der Waals surface area (Å²) in [6.45, 7) is 0. The minimum absolute atomic E-state index is 0.168. The van der Waals surface area contributed by atoms with Crippen LogP contribution in [0.1, 0.15) is 36.0 Å². The van der Waals surface area contributed by atoms with Crippen molar-refractivity contribution in [3.8, 4) is 0 Å². The summed E-state index contributed by atoms with van der Waals surface area (Å²) in [7, 11) is 0. The monoisotopic (exact) mass is 235 g/mol. The van der Waals surface area contributed by atoms with E-state index in [0.717, 1.165) is 31.4 Å². The van der Waals surface area contributed by atoms with Gasteiger partial charge in [0.2, 0.25) is 0 Å². The summed E-state index contributed by atoms with van der Waals surface area (Å²) in [5.74, 6) is -0.910. The van der Waals surface area contributed by atoms with Crippen molar-refractivity contribution < 1.29 is 15.0 Å². The molecule has 0 spiro atoms. The maximum atomic E-state index is 10.8. The molecular formula is C13H17NO3. The van der Waals surface area contributed by atoms with E-state index in [1.54, 1.807) is 18.2 Å². The van der Waals surface area contributed by atoms with E-state index in [0.29, 0.717) is 11.6 Å². The van der Waals surface area contributed by atoms with Crippen molar-refractivity contribution in [3.63, 3.8) is 0 Å². The van der Waals surface area contributed by atoms with E-state index in [4.69, 9.17) is 5.11 Å². The first-order chi connectivity index (χ1) is 8.15. The SMILES string of the molecule is O=C(O)c1cccc(NC2CCC(O)CC2)c1. The van der Waals surface area contributed by atoms with Gasteiger partial charge in [-0.2, -0.15) is 0 Å². The molecule has 0 aromatic heterocycles. The molecule has 2 rings (SSSR count). The molecule has 0 aliphatic heterocycles. The van der Waals surface area contributed by atoms with Crippen molar-refractivity contribution in [2.75, 3.05) is 5.32 Å². The second kappa shape index (κ2) is 5.19. The number of hydrogen-bond acceptors (Lipinski definition) is 3. The molecule has 0 radical (unpaired) electrons. The zero-order chi connectivity index (χ0) is 12.3. The molecule has 1 aromatic rings. The van der Waals surface area contributed by atoms with E-state index in [1.807, 2.05) is 6.07 Å². The molecular weight excluding hydrogens is 218 g/mol. The van der Waals surface area contributed by atoms with E-state index >= 15 is 0 Å². The van der Waals surface area contributed by atoms with Crippen LogP contribution in [0.25, 0.3) is 0 Å². The molecule has 0 saturated heterocycles. The van der Waals surface area contributed by atoms with Gasteiger partial charge in [-0.1, -0.05) is 6.07 Å². The molecule has 4 heteroatoms. The van der Waals surface area contributed by atoms with Crippen molar-refractivity contribution in [2.45, 2.75) is 37.8 Å². The highest BCUT2D eigenvalue weighted by atomic mass is 16.4. The maximum Gasteiger partial charge on any atom is 0.335 e. The largest absolute Gasteiger partial charge is 0.478 e. The number of benzene rings is 1. The number of anilines is 1. The van der Waals surface area contributed by atoms with Gasteiger partial charge in [0.15, 0.2) is 0 Å². The first-order valence-electron chi connectivity index (χ1n) is 5.93. The summed E-state index contributed by atoms with van der Waals surface area (Å²) in [6, 6.07) is 7.18. The zero-order valence-corrected chi connectivity index (χ0v) is 9.60. The number of hydrogen-bond donors (Lipinski definition) is 3. The summed E-state index contributed by atoms with van der Waals surface area (Å²) in [6.07, 6.45) is 3.32. The van der Waals surface area contributed by atoms with Gasteiger partial charge in [-0.15, -0.1) is 0 Å². The first kappa shape index (κ1) is 11.9. The van der Waals surface area contributed by atoms with Gasteiger partial charge in [0.25, 0.3) is 0 Å². The van der Waals surface area contributed by atoms with E-state index in [2.05, 4.69) is 5.32 Å². The Balaban J connectivity index is 1.98. The molecule has 0 atom stereocenters. The van der Waals surface area contributed by atoms with E-state index < -0.39 is 5.97 Å². The Bertz CT molecular complexity index is 397. The third kappa shape index (κ3) is 3.20. The van der Waals surface area contributed by atoms with Crippen LogP contribution in [-0.2, 0) is 0 Å². The molecule has 1 fully saturated rings. The quantitative estimate of drug-likeness (QED) is 0.750. The molecule has 1 aliphatic rings. The number of rotatable bonds is 3. The fraction of sp³-hybridized carbons (Fsp3) is 0.462. The van der Waals surface area contributed by atoms with Crippen LogP contribution in [0.15, 0.2) is 24.3 Å². The van der Waals surface area contributed by atoms with Crippen LogP contribution in [0, 0.1) is 0 Å². The summed E-state index contributed by atoms with van der Waals surface area (Å²) in [5, 5.41) is 21.6. The van der Waals surface area contributed by atoms with Crippen molar-refractivity contribution in [1.29, 1.82) is 0 Å². The van der Waals surface area contributed by atoms with E-state index in [1.165, 1.54) is 0 Å². The molecule has 0 amide bonds. The Hall–Kier alpha value is -1.55. The number of aliphatic hydroxyl groups is 1. The normalized spacial score (nSPS) is 24.3. The minimum atomic E-state index is -0.910. The molecule has 0 heterocycles. The van der Waals surface area contributed by atoms with Gasteiger partial charge in [-0.25, -0.2) is 4.79 Å². The Morgan fingerprint density at radius 2 is 1.94 bits per heavy atom. The van der Waals surface area contributed by atoms with E-state index in [-0.39, 0.29) is 6.10 Å². The molecule has 0 bridgehead atoms. The van der Waals surface area contributed by atoms with Crippen LogP contribution in [0.4, 0.5) is 5.69 Å². The van der Waals surface area contributed by atoms with Gasteiger partial charge < -0.3 is 15.5 Å². The number of carboxylic acid groups (broad SMARTS) is 1. The average Bonchev–Trinajstić information content (AvgIpc) is 2.32. The van der Waals surface area contributed by atoms with Gasteiger partial charge in [0.1, 0.15) is 0 Å². The van der Waals surface area contributed by atoms with Gasteiger partial charge in [0, 0.05) is 11.7 Å². The van der Waals surface area contributed by atoms with Crippen LogP contribution < -0.4 is 5.32 Å². The lowest BCUT2D eigenvalue weighted by molar-refractivity contribution is 0.0697. The van der Waals surface area contributed by atoms with Crippen molar-refractivity contribution in [3.05, 3.63) is 29.8 Å². The Kier molecular flexibility index (Phi) is 3.64. The molecule has 1 saturated carbocycles. The van der Waals surface area contributed by atoms with E-state index in [9.17, 15) is 9.90 Å². The van der Waals surface area contributed by atoms with Crippen molar-refractivity contribution in [1.82, 2.24) is 0 Å². The number of aromatic carboxylic acids is 1. The third-order valence-electron chi connectivity index (χ3n) is 3.18. The zero-order valence-electron chi connectivity index (χ0n) is 9.60. The predicted octanol–water partition coefficient (Wildman–Crippen LogP) is 2.10. The topological polar surface area (TPSA) is 69.6 Å². The first-order valence-corrected chi connectivity index (χ1v) is 5.93. The van der Waals surface area contributed by atoms with Gasteiger partial charge >= 0.3 is 5.97 Å². The average molecular weight is 235 g/mol. The number of carbonyl (C=O) groups is 1. The number of aliphatic hydroxyl groups excluding tert-OH is 1. The lowest BCUT2D eigenvalue weighted by Gasteiger charge is -2.27. The van der Waals surface area contributed by atoms with Crippen LogP contribution in [0.5, 0.6) is 0 Å². The summed E-state index contributed by atoms with van der Waals surface area (Å²) < 4.78 is 0. The van der Waals surface area contributed by atoms with Crippen LogP contribution in [0.3, 0.4) is 0 Å². The molecule has 3 N–H and O–H groups in total. The second-order valence-electron chi connectivity index (χ2n) is 4.54. The summed E-state index contributed by atoms with van der Waals surface area (Å²) in [5.41, 5.74) is 1.14. The highest BCUT2D eigenvalue weighted by molar-refractivity contribution is 5.88. The van der Waals surface area contributed by atoms with Gasteiger partial charge in [-0.05, 0) is 43.9 Å².